The smallest absolute Gasteiger partial charge is 0.410 e. The van der Waals surface area contributed by atoms with Crippen molar-refractivity contribution in [1.29, 1.82) is 0 Å². The highest BCUT2D eigenvalue weighted by Gasteiger charge is 2.34. The first-order valence-electron chi connectivity index (χ1n) is 8.93. The van der Waals surface area contributed by atoms with E-state index in [1.165, 1.54) is 0 Å². The van der Waals surface area contributed by atoms with Crippen molar-refractivity contribution in [3.8, 4) is 5.75 Å². The van der Waals surface area contributed by atoms with Gasteiger partial charge in [0, 0.05) is 10.2 Å². The lowest BCUT2D eigenvalue weighted by atomic mass is 10.3. The van der Waals surface area contributed by atoms with E-state index in [1.54, 1.807) is 48.5 Å². The molecule has 3 rings (SSSR count). The molecule has 0 fully saturated rings. The number of hydrogen-bond donors (Lipinski definition) is 2. The van der Waals surface area contributed by atoms with Gasteiger partial charge in [0.15, 0.2) is 0 Å². The number of hydrogen-bond acceptors (Lipinski definition) is 5. The summed E-state index contributed by atoms with van der Waals surface area (Å²) in [5, 5.41) is 13.8. The second-order valence-corrected chi connectivity index (χ2v) is 9.47. The molecule has 3 aromatic rings. The first kappa shape index (κ1) is 23.3. The van der Waals surface area contributed by atoms with E-state index in [1.807, 2.05) is 30.3 Å². The maximum Gasteiger partial charge on any atom is 0.414 e. The molecule has 1 atom stereocenters. The minimum atomic E-state index is -1.84. The maximum atomic E-state index is 12.2. The van der Waals surface area contributed by atoms with Gasteiger partial charge in [-0.25, -0.2) is 4.79 Å². The van der Waals surface area contributed by atoms with Crippen molar-refractivity contribution < 1.29 is 9.53 Å². The van der Waals surface area contributed by atoms with E-state index < -0.39 is 16.1 Å². The number of anilines is 1. The lowest BCUT2D eigenvalue weighted by Crippen LogP contribution is -2.50. The highest BCUT2D eigenvalue weighted by atomic mass is 79.9. The maximum absolute atomic E-state index is 12.2. The van der Waals surface area contributed by atoms with E-state index in [0.717, 1.165) is 10.2 Å². The van der Waals surface area contributed by atoms with Crippen LogP contribution in [-0.4, -0.2) is 16.1 Å². The Morgan fingerprint density at radius 3 is 2.03 bits per heavy atom. The van der Waals surface area contributed by atoms with Gasteiger partial charge in [-0.2, -0.15) is 10.2 Å². The molecule has 0 aliphatic carbocycles. The van der Waals surface area contributed by atoms with Crippen molar-refractivity contribution in [2.75, 3.05) is 5.32 Å². The van der Waals surface area contributed by atoms with Gasteiger partial charge in [-0.3, -0.25) is 5.32 Å². The molecule has 10 heteroatoms. The number of amides is 1. The largest absolute Gasteiger partial charge is 0.414 e. The Bertz CT molecular complexity index is 1030. The number of azo groups is 1. The van der Waals surface area contributed by atoms with Crippen LogP contribution in [0.1, 0.15) is 0 Å². The van der Waals surface area contributed by atoms with Crippen LogP contribution in [0.2, 0.25) is 0 Å². The normalized spacial score (nSPS) is 12.4. The standard InChI is InChI=1S/C21H16BrCl3N4O2/c22-14-6-12-18(13-7-14)31-20(30)27-19(21(23,24)25)26-15-8-10-17(11-9-15)29-28-16-4-2-1-3-5-16/h1-13,19,26H,(H,27,30)/t19-/m1/s1. The van der Waals surface area contributed by atoms with Gasteiger partial charge >= 0.3 is 6.09 Å². The number of halogens is 4. The van der Waals surface area contributed by atoms with Crippen molar-refractivity contribution in [2.24, 2.45) is 10.2 Å². The topological polar surface area (TPSA) is 75.1 Å². The summed E-state index contributed by atoms with van der Waals surface area (Å²) in [6, 6.07) is 23.0. The average molecular weight is 543 g/mol. The van der Waals surface area contributed by atoms with Crippen LogP contribution in [0.25, 0.3) is 0 Å². The summed E-state index contributed by atoms with van der Waals surface area (Å²) in [7, 11) is 0. The molecule has 0 bridgehead atoms. The fraction of sp³-hybridized carbons (Fsp3) is 0.0952. The molecule has 0 saturated heterocycles. The number of alkyl halides is 3. The SMILES string of the molecule is O=C(N[C@@H](Nc1ccc(N=Nc2ccccc2)cc1)C(Cl)(Cl)Cl)Oc1ccc(Br)cc1. The number of carbonyl (C=O) groups is 1. The number of nitrogens with zero attached hydrogens (tertiary/aromatic N) is 2. The molecule has 31 heavy (non-hydrogen) atoms. The molecular formula is C21H16BrCl3N4O2. The van der Waals surface area contributed by atoms with Crippen LogP contribution in [0, 0.1) is 0 Å². The van der Waals surface area contributed by atoms with E-state index in [-0.39, 0.29) is 0 Å². The molecule has 1 amide bonds. The zero-order valence-corrected chi connectivity index (χ0v) is 19.7. The van der Waals surface area contributed by atoms with Crippen molar-refractivity contribution in [3.63, 3.8) is 0 Å². The fourth-order valence-corrected chi connectivity index (χ4v) is 2.95. The molecule has 0 aliphatic rings. The Morgan fingerprint density at radius 2 is 1.45 bits per heavy atom. The number of benzene rings is 3. The van der Waals surface area contributed by atoms with Crippen LogP contribution in [0.4, 0.5) is 21.9 Å². The monoisotopic (exact) mass is 540 g/mol. The molecule has 0 radical (unpaired) electrons. The van der Waals surface area contributed by atoms with Crippen LogP contribution < -0.4 is 15.4 Å². The zero-order valence-electron chi connectivity index (χ0n) is 15.8. The minimum Gasteiger partial charge on any atom is -0.410 e. The Morgan fingerprint density at radius 1 is 0.871 bits per heavy atom. The molecule has 0 saturated carbocycles. The first-order valence-corrected chi connectivity index (χ1v) is 10.9. The predicted molar refractivity (Wildman–Crippen MR) is 128 cm³/mol. The highest BCUT2D eigenvalue weighted by molar-refractivity contribution is 9.10. The van der Waals surface area contributed by atoms with Gasteiger partial charge < -0.3 is 10.1 Å². The number of rotatable bonds is 6. The molecule has 0 heterocycles. The van der Waals surface area contributed by atoms with Gasteiger partial charge in [-0.15, -0.1) is 0 Å². The van der Waals surface area contributed by atoms with E-state index >= 15 is 0 Å². The van der Waals surface area contributed by atoms with Crippen LogP contribution in [0.3, 0.4) is 0 Å². The summed E-state index contributed by atoms with van der Waals surface area (Å²) in [4.78, 5) is 12.2. The molecule has 2 N–H and O–H groups in total. The van der Waals surface area contributed by atoms with Gasteiger partial charge in [0.05, 0.1) is 11.4 Å². The van der Waals surface area contributed by atoms with Crippen LogP contribution in [0.5, 0.6) is 5.75 Å². The minimum absolute atomic E-state index is 0.344. The Labute approximate surface area is 202 Å². The summed E-state index contributed by atoms with van der Waals surface area (Å²) in [5.74, 6) is 0.344. The number of nitrogens with one attached hydrogen (secondary N) is 2. The van der Waals surface area contributed by atoms with Crippen LogP contribution in [0.15, 0.2) is 93.6 Å². The van der Waals surface area contributed by atoms with Gasteiger partial charge in [0.25, 0.3) is 0 Å². The van der Waals surface area contributed by atoms with E-state index in [0.29, 0.717) is 17.1 Å². The molecule has 0 aliphatic heterocycles. The third kappa shape index (κ3) is 7.70. The highest BCUT2D eigenvalue weighted by Crippen LogP contribution is 2.31. The third-order valence-corrected chi connectivity index (χ3v) is 5.01. The van der Waals surface area contributed by atoms with Gasteiger partial charge in [-0.1, -0.05) is 68.9 Å². The summed E-state index contributed by atoms with van der Waals surface area (Å²) < 4.78 is 4.22. The Kier molecular flexibility index (Phi) is 8.15. The fourth-order valence-electron chi connectivity index (χ4n) is 2.36. The van der Waals surface area contributed by atoms with Gasteiger partial charge in [0.1, 0.15) is 11.9 Å². The lowest BCUT2D eigenvalue weighted by molar-refractivity contribution is 0.197. The molecule has 3 aromatic carbocycles. The Balaban J connectivity index is 1.63. The number of ether oxygens (including phenoxy) is 1. The first-order chi connectivity index (χ1) is 14.8. The third-order valence-electron chi connectivity index (χ3n) is 3.83. The molecule has 160 valence electrons. The van der Waals surface area contributed by atoms with E-state index in [9.17, 15) is 4.79 Å². The summed E-state index contributed by atoms with van der Waals surface area (Å²) in [6.45, 7) is 0. The van der Waals surface area contributed by atoms with Crippen LogP contribution >= 0.6 is 50.7 Å². The Hall–Kier alpha value is -2.32. The average Bonchev–Trinajstić information content (AvgIpc) is 2.74. The summed E-state index contributed by atoms with van der Waals surface area (Å²) >= 11 is 21.4. The van der Waals surface area contributed by atoms with Crippen molar-refractivity contribution in [2.45, 2.75) is 9.96 Å². The quantitative estimate of drug-likeness (QED) is 0.190. The van der Waals surface area contributed by atoms with E-state index in [4.69, 9.17) is 39.5 Å². The van der Waals surface area contributed by atoms with Crippen molar-refractivity contribution >= 4 is 73.9 Å². The molecule has 6 nitrogen and oxygen atoms in total. The molecule has 0 unspecified atom stereocenters. The zero-order chi connectivity index (χ0) is 22.3. The van der Waals surface area contributed by atoms with Gasteiger partial charge in [0.2, 0.25) is 3.79 Å². The van der Waals surface area contributed by atoms with Gasteiger partial charge in [-0.05, 0) is 60.7 Å². The van der Waals surface area contributed by atoms with Crippen molar-refractivity contribution in [3.05, 3.63) is 83.3 Å². The van der Waals surface area contributed by atoms with Crippen LogP contribution in [-0.2, 0) is 0 Å². The summed E-state index contributed by atoms with van der Waals surface area (Å²) in [5.41, 5.74) is 1.98. The molecule has 0 spiro atoms. The van der Waals surface area contributed by atoms with Crippen molar-refractivity contribution in [1.82, 2.24) is 5.32 Å². The summed E-state index contributed by atoms with van der Waals surface area (Å²) in [6.07, 6.45) is -1.84. The number of carbonyl (C=O) groups excluding carboxylic acids is 1. The second-order valence-electron chi connectivity index (χ2n) is 6.19. The molecular weight excluding hydrogens is 527 g/mol. The molecule has 0 aromatic heterocycles. The van der Waals surface area contributed by atoms with E-state index in [2.05, 4.69) is 36.8 Å². The lowest BCUT2D eigenvalue weighted by Gasteiger charge is -2.27. The predicted octanol–water partition coefficient (Wildman–Crippen LogP) is 7.76. The second kappa shape index (κ2) is 10.8.